The van der Waals surface area contributed by atoms with Crippen LogP contribution in [-0.2, 0) is 6.42 Å². The molecule has 0 aliphatic heterocycles. The molecule has 1 aromatic heterocycles. The third kappa shape index (κ3) is 6.55. The summed E-state index contributed by atoms with van der Waals surface area (Å²) in [7, 11) is 0. The summed E-state index contributed by atoms with van der Waals surface area (Å²) in [5.74, 6) is -0.0978. The first-order valence-electron chi connectivity index (χ1n) is 10.0. The van der Waals surface area contributed by atoms with Crippen molar-refractivity contribution in [1.29, 1.82) is 0 Å². The second-order valence-electron chi connectivity index (χ2n) is 7.06. The standard InChI is InChI=1S/C23H29N3O/c27-23(26-16-13-20-10-5-2-6-11-20)22-18-21(14-17-25-22)24-15-7-12-19-8-3-1-4-9-19/h1,3-4,8-10,14,17-18H,2,5-7,11-13,15-16H2,(H,24,25)(H,26,27). The normalized spacial score (nSPS) is 13.7. The molecule has 2 N–H and O–H groups in total. The first kappa shape index (κ1) is 19.2. The average Bonchev–Trinajstić information content (AvgIpc) is 2.73. The lowest BCUT2D eigenvalue weighted by Crippen LogP contribution is -2.25. The van der Waals surface area contributed by atoms with Gasteiger partial charge < -0.3 is 10.6 Å². The molecule has 0 saturated heterocycles. The zero-order valence-corrected chi connectivity index (χ0v) is 15.9. The van der Waals surface area contributed by atoms with Crippen LogP contribution in [0.4, 0.5) is 5.69 Å². The Kier molecular flexibility index (Phi) is 7.45. The molecule has 1 aliphatic rings. The molecular formula is C23H29N3O. The highest BCUT2D eigenvalue weighted by molar-refractivity contribution is 5.93. The number of allylic oxidation sites excluding steroid dienone is 1. The SMILES string of the molecule is O=C(NCCC1=CCCCC1)c1cc(NCCCc2ccccc2)ccn1. The fourth-order valence-corrected chi connectivity index (χ4v) is 3.39. The Morgan fingerprint density at radius 1 is 1.04 bits per heavy atom. The maximum Gasteiger partial charge on any atom is 0.269 e. The summed E-state index contributed by atoms with van der Waals surface area (Å²) in [6.07, 6.45) is 12.0. The van der Waals surface area contributed by atoms with Gasteiger partial charge in [-0.3, -0.25) is 9.78 Å². The van der Waals surface area contributed by atoms with E-state index in [0.717, 1.165) is 31.5 Å². The second kappa shape index (κ2) is 10.5. The summed E-state index contributed by atoms with van der Waals surface area (Å²) in [5, 5.41) is 6.38. The van der Waals surface area contributed by atoms with E-state index in [0.29, 0.717) is 12.2 Å². The zero-order chi connectivity index (χ0) is 18.7. The molecule has 1 heterocycles. The van der Waals surface area contributed by atoms with Gasteiger partial charge >= 0.3 is 0 Å². The summed E-state index contributed by atoms with van der Waals surface area (Å²) < 4.78 is 0. The number of aryl methyl sites for hydroxylation is 1. The van der Waals surface area contributed by atoms with Gasteiger partial charge in [0.25, 0.3) is 5.91 Å². The van der Waals surface area contributed by atoms with Gasteiger partial charge in [0.05, 0.1) is 0 Å². The highest BCUT2D eigenvalue weighted by Gasteiger charge is 2.09. The molecule has 0 fully saturated rings. The number of pyridine rings is 1. The number of benzene rings is 1. The minimum absolute atomic E-state index is 0.0978. The Labute approximate surface area is 162 Å². The Balaban J connectivity index is 1.40. The molecule has 142 valence electrons. The smallest absolute Gasteiger partial charge is 0.269 e. The lowest BCUT2D eigenvalue weighted by atomic mass is 9.97. The van der Waals surface area contributed by atoms with Gasteiger partial charge in [-0.1, -0.05) is 42.0 Å². The maximum atomic E-state index is 12.3. The second-order valence-corrected chi connectivity index (χ2v) is 7.06. The maximum absolute atomic E-state index is 12.3. The molecule has 0 saturated carbocycles. The van der Waals surface area contributed by atoms with Gasteiger partial charge in [-0.15, -0.1) is 0 Å². The van der Waals surface area contributed by atoms with E-state index < -0.39 is 0 Å². The molecule has 0 spiro atoms. The largest absolute Gasteiger partial charge is 0.385 e. The average molecular weight is 364 g/mol. The van der Waals surface area contributed by atoms with E-state index in [1.165, 1.54) is 36.8 Å². The lowest BCUT2D eigenvalue weighted by Gasteiger charge is -2.13. The third-order valence-electron chi connectivity index (χ3n) is 4.92. The van der Waals surface area contributed by atoms with Gasteiger partial charge in [-0.25, -0.2) is 0 Å². The van der Waals surface area contributed by atoms with Gasteiger partial charge in [0.1, 0.15) is 5.69 Å². The first-order chi connectivity index (χ1) is 13.3. The number of nitrogens with one attached hydrogen (secondary N) is 2. The third-order valence-corrected chi connectivity index (χ3v) is 4.92. The number of rotatable bonds is 9. The zero-order valence-electron chi connectivity index (χ0n) is 15.9. The van der Waals surface area contributed by atoms with Gasteiger partial charge in [0.15, 0.2) is 0 Å². The monoisotopic (exact) mass is 363 g/mol. The number of carbonyl (C=O) groups is 1. The Morgan fingerprint density at radius 3 is 2.74 bits per heavy atom. The van der Waals surface area contributed by atoms with Crippen molar-refractivity contribution in [2.45, 2.75) is 44.9 Å². The highest BCUT2D eigenvalue weighted by Crippen LogP contribution is 2.19. The number of nitrogens with zero attached hydrogens (tertiary/aromatic N) is 1. The van der Waals surface area contributed by atoms with E-state index in [9.17, 15) is 4.79 Å². The predicted octanol–water partition coefficient (Wildman–Crippen LogP) is 4.75. The topological polar surface area (TPSA) is 54.0 Å². The van der Waals surface area contributed by atoms with Crippen LogP contribution in [0.3, 0.4) is 0 Å². The number of aromatic nitrogens is 1. The van der Waals surface area contributed by atoms with Gasteiger partial charge in [-0.05, 0) is 62.6 Å². The summed E-state index contributed by atoms with van der Waals surface area (Å²) >= 11 is 0. The van der Waals surface area contributed by atoms with E-state index in [4.69, 9.17) is 0 Å². The van der Waals surface area contributed by atoms with Crippen molar-refractivity contribution in [2.24, 2.45) is 0 Å². The highest BCUT2D eigenvalue weighted by atomic mass is 16.1. The summed E-state index contributed by atoms with van der Waals surface area (Å²) in [6.45, 7) is 1.55. The molecular weight excluding hydrogens is 334 g/mol. The fraction of sp³-hybridized carbons (Fsp3) is 0.391. The molecule has 27 heavy (non-hydrogen) atoms. The Morgan fingerprint density at radius 2 is 1.93 bits per heavy atom. The molecule has 0 bridgehead atoms. The van der Waals surface area contributed by atoms with E-state index >= 15 is 0 Å². The molecule has 4 nitrogen and oxygen atoms in total. The fourth-order valence-electron chi connectivity index (χ4n) is 3.39. The van der Waals surface area contributed by atoms with E-state index in [1.54, 1.807) is 6.20 Å². The van der Waals surface area contributed by atoms with E-state index in [1.807, 2.05) is 18.2 Å². The van der Waals surface area contributed by atoms with Crippen LogP contribution in [0.5, 0.6) is 0 Å². The molecule has 0 unspecified atom stereocenters. The van der Waals surface area contributed by atoms with Crippen LogP contribution in [0.1, 0.15) is 54.6 Å². The van der Waals surface area contributed by atoms with Crippen molar-refractivity contribution in [1.82, 2.24) is 10.3 Å². The number of carbonyl (C=O) groups excluding carboxylic acids is 1. The predicted molar refractivity (Wildman–Crippen MR) is 111 cm³/mol. The minimum atomic E-state index is -0.0978. The summed E-state index contributed by atoms with van der Waals surface area (Å²) in [6, 6.07) is 14.2. The summed E-state index contributed by atoms with van der Waals surface area (Å²) in [4.78, 5) is 16.5. The van der Waals surface area contributed by atoms with Crippen molar-refractivity contribution in [3.63, 3.8) is 0 Å². The molecule has 0 radical (unpaired) electrons. The van der Waals surface area contributed by atoms with Crippen molar-refractivity contribution in [3.8, 4) is 0 Å². The minimum Gasteiger partial charge on any atom is -0.385 e. The molecule has 3 rings (SSSR count). The van der Waals surface area contributed by atoms with Crippen LogP contribution in [-0.4, -0.2) is 24.0 Å². The van der Waals surface area contributed by atoms with Crippen LogP contribution < -0.4 is 10.6 Å². The van der Waals surface area contributed by atoms with Crippen molar-refractivity contribution < 1.29 is 4.79 Å². The van der Waals surface area contributed by atoms with Crippen molar-refractivity contribution >= 4 is 11.6 Å². The van der Waals surface area contributed by atoms with Crippen LogP contribution in [0.25, 0.3) is 0 Å². The molecule has 1 aliphatic carbocycles. The molecule has 4 heteroatoms. The van der Waals surface area contributed by atoms with Gasteiger partial charge in [-0.2, -0.15) is 0 Å². The first-order valence-corrected chi connectivity index (χ1v) is 10.0. The van der Waals surface area contributed by atoms with Crippen LogP contribution in [0.15, 0.2) is 60.3 Å². The number of hydrogen-bond donors (Lipinski definition) is 2. The lowest BCUT2D eigenvalue weighted by molar-refractivity contribution is 0.0949. The van der Waals surface area contributed by atoms with Crippen molar-refractivity contribution in [3.05, 3.63) is 71.6 Å². The van der Waals surface area contributed by atoms with E-state index in [-0.39, 0.29) is 5.91 Å². The molecule has 2 aromatic rings. The molecule has 1 aromatic carbocycles. The number of anilines is 1. The molecule has 0 atom stereocenters. The van der Waals surface area contributed by atoms with Gasteiger partial charge in [0.2, 0.25) is 0 Å². The summed E-state index contributed by atoms with van der Waals surface area (Å²) in [5.41, 5.74) is 4.24. The van der Waals surface area contributed by atoms with Crippen molar-refractivity contribution in [2.75, 3.05) is 18.4 Å². The van der Waals surface area contributed by atoms with Crippen LogP contribution in [0, 0.1) is 0 Å². The quantitative estimate of drug-likeness (QED) is 0.499. The van der Waals surface area contributed by atoms with Crippen LogP contribution >= 0.6 is 0 Å². The van der Waals surface area contributed by atoms with E-state index in [2.05, 4.69) is 46.0 Å². The number of hydrogen-bond acceptors (Lipinski definition) is 3. The number of amides is 1. The van der Waals surface area contributed by atoms with Crippen LogP contribution in [0.2, 0.25) is 0 Å². The van der Waals surface area contributed by atoms with Gasteiger partial charge in [0, 0.05) is 25.0 Å². The Hall–Kier alpha value is -2.62. The Bertz CT molecular complexity index is 755. The molecule has 1 amide bonds.